The van der Waals surface area contributed by atoms with Crippen molar-refractivity contribution in [3.8, 4) is 5.75 Å². The second kappa shape index (κ2) is 8.77. The number of carbonyl (C=O) groups excluding carboxylic acids is 3. The first-order chi connectivity index (χ1) is 13.9. The molecule has 1 aliphatic heterocycles. The topological polar surface area (TPSA) is 87.7 Å². The number of carbonyl (C=O) groups is 3. The van der Waals surface area contributed by atoms with Gasteiger partial charge in [0.15, 0.2) is 0 Å². The van der Waals surface area contributed by atoms with Crippen LogP contribution in [0.3, 0.4) is 0 Å². The Labute approximate surface area is 170 Å². The van der Waals surface area contributed by atoms with E-state index >= 15 is 0 Å². The lowest BCUT2D eigenvalue weighted by Crippen LogP contribution is -2.45. The van der Waals surface area contributed by atoms with Gasteiger partial charge < -0.3 is 9.64 Å². The SMILES string of the molecule is CCOc1ccccc1N1C[C@H](C(=O)NNC(=O)c2ccc(C)cc2C)CC1=O. The lowest BCUT2D eigenvalue weighted by atomic mass is 10.1. The Kier molecular flexibility index (Phi) is 6.16. The molecule has 29 heavy (non-hydrogen) atoms. The summed E-state index contributed by atoms with van der Waals surface area (Å²) in [6, 6.07) is 12.7. The molecular weight excluding hydrogens is 370 g/mol. The molecule has 0 aliphatic carbocycles. The number of benzene rings is 2. The van der Waals surface area contributed by atoms with Gasteiger partial charge in [0.05, 0.1) is 18.2 Å². The molecule has 3 rings (SSSR count). The van der Waals surface area contributed by atoms with E-state index in [1.165, 1.54) is 0 Å². The van der Waals surface area contributed by atoms with Gasteiger partial charge in [0.2, 0.25) is 11.8 Å². The number of amides is 3. The van der Waals surface area contributed by atoms with Crippen molar-refractivity contribution >= 4 is 23.4 Å². The normalized spacial score (nSPS) is 15.9. The zero-order chi connectivity index (χ0) is 21.0. The molecule has 1 saturated heterocycles. The monoisotopic (exact) mass is 395 g/mol. The fraction of sp³-hybridized carbons (Fsp3) is 0.318. The molecule has 7 nitrogen and oxygen atoms in total. The van der Waals surface area contributed by atoms with Gasteiger partial charge in [-0.25, -0.2) is 0 Å². The number of para-hydroxylation sites is 2. The van der Waals surface area contributed by atoms with Crippen LogP contribution >= 0.6 is 0 Å². The van der Waals surface area contributed by atoms with Crippen molar-refractivity contribution in [1.82, 2.24) is 10.9 Å². The maximum absolute atomic E-state index is 12.5. The quantitative estimate of drug-likeness (QED) is 0.762. The molecular formula is C22H25N3O4. The second-order valence-electron chi connectivity index (χ2n) is 7.07. The Hall–Kier alpha value is -3.35. The van der Waals surface area contributed by atoms with Crippen LogP contribution in [0.25, 0.3) is 0 Å². The molecule has 1 atom stereocenters. The predicted molar refractivity (Wildman–Crippen MR) is 110 cm³/mol. The number of aryl methyl sites for hydroxylation is 2. The van der Waals surface area contributed by atoms with Gasteiger partial charge >= 0.3 is 0 Å². The lowest BCUT2D eigenvalue weighted by Gasteiger charge is -2.20. The van der Waals surface area contributed by atoms with Crippen LogP contribution in [0.1, 0.15) is 34.8 Å². The molecule has 0 aromatic heterocycles. The maximum Gasteiger partial charge on any atom is 0.269 e. The number of hydrogen-bond donors (Lipinski definition) is 2. The van der Waals surface area contributed by atoms with Gasteiger partial charge in [-0.15, -0.1) is 0 Å². The predicted octanol–water partition coefficient (Wildman–Crippen LogP) is 2.52. The number of hydrazine groups is 1. The summed E-state index contributed by atoms with van der Waals surface area (Å²) >= 11 is 0. The average molecular weight is 395 g/mol. The van der Waals surface area contributed by atoms with Gasteiger partial charge in [-0.3, -0.25) is 25.2 Å². The summed E-state index contributed by atoms with van der Waals surface area (Å²) in [4.78, 5) is 38.9. The molecule has 0 spiro atoms. The Morgan fingerprint density at radius 3 is 2.62 bits per heavy atom. The first-order valence-electron chi connectivity index (χ1n) is 9.60. The molecule has 0 bridgehead atoms. The number of anilines is 1. The van der Waals surface area contributed by atoms with E-state index < -0.39 is 17.7 Å². The minimum absolute atomic E-state index is 0.0751. The highest BCUT2D eigenvalue weighted by Gasteiger charge is 2.36. The highest BCUT2D eigenvalue weighted by molar-refractivity contribution is 6.02. The zero-order valence-corrected chi connectivity index (χ0v) is 16.8. The van der Waals surface area contributed by atoms with Crippen molar-refractivity contribution in [2.24, 2.45) is 5.92 Å². The number of ether oxygens (including phenoxy) is 1. The summed E-state index contributed by atoms with van der Waals surface area (Å²) in [6.45, 7) is 6.37. The van der Waals surface area contributed by atoms with Crippen LogP contribution in [-0.4, -0.2) is 30.9 Å². The van der Waals surface area contributed by atoms with Gasteiger partial charge in [-0.05, 0) is 44.5 Å². The standard InChI is InChI=1S/C22H25N3O4/c1-4-29-19-8-6-5-7-18(19)25-13-16(12-20(25)26)21(27)23-24-22(28)17-10-9-14(2)11-15(17)3/h5-11,16H,4,12-13H2,1-3H3,(H,23,27)(H,24,28)/t16-/m1/s1. The van der Waals surface area contributed by atoms with Crippen molar-refractivity contribution in [2.75, 3.05) is 18.1 Å². The molecule has 3 amide bonds. The van der Waals surface area contributed by atoms with E-state index in [-0.39, 0.29) is 18.9 Å². The minimum atomic E-state index is -0.559. The van der Waals surface area contributed by atoms with Crippen molar-refractivity contribution in [3.63, 3.8) is 0 Å². The molecule has 0 radical (unpaired) electrons. The van der Waals surface area contributed by atoms with Gasteiger partial charge in [0.1, 0.15) is 5.75 Å². The van der Waals surface area contributed by atoms with Gasteiger partial charge in [0.25, 0.3) is 5.91 Å². The summed E-state index contributed by atoms with van der Waals surface area (Å²) in [5.41, 5.74) is 7.91. The van der Waals surface area contributed by atoms with E-state index in [1.807, 2.05) is 45.0 Å². The van der Waals surface area contributed by atoms with Crippen molar-refractivity contribution in [3.05, 3.63) is 59.2 Å². The molecule has 0 unspecified atom stereocenters. The minimum Gasteiger partial charge on any atom is -0.492 e. The van der Waals surface area contributed by atoms with Gasteiger partial charge in [-0.2, -0.15) is 0 Å². The molecule has 1 fully saturated rings. The van der Waals surface area contributed by atoms with Gasteiger partial charge in [-0.1, -0.05) is 29.8 Å². The number of rotatable bonds is 5. The summed E-state index contributed by atoms with van der Waals surface area (Å²) in [5.74, 6) is -0.895. The summed E-state index contributed by atoms with van der Waals surface area (Å²) < 4.78 is 5.59. The third-order valence-corrected chi connectivity index (χ3v) is 4.88. The van der Waals surface area contributed by atoms with Crippen molar-refractivity contribution in [1.29, 1.82) is 0 Å². The molecule has 0 saturated carbocycles. The largest absolute Gasteiger partial charge is 0.492 e. The van der Waals surface area contributed by atoms with Crippen LogP contribution in [0.4, 0.5) is 5.69 Å². The summed E-state index contributed by atoms with van der Waals surface area (Å²) in [6.07, 6.45) is 0.0751. The van der Waals surface area contributed by atoms with Crippen LogP contribution in [0.5, 0.6) is 5.75 Å². The van der Waals surface area contributed by atoms with E-state index in [4.69, 9.17) is 4.74 Å². The highest BCUT2D eigenvalue weighted by Crippen LogP contribution is 2.33. The van der Waals surface area contributed by atoms with E-state index in [0.717, 1.165) is 11.1 Å². The van der Waals surface area contributed by atoms with Gasteiger partial charge in [0, 0.05) is 18.5 Å². The Morgan fingerprint density at radius 2 is 1.90 bits per heavy atom. The Balaban J connectivity index is 1.63. The molecule has 1 aliphatic rings. The molecule has 2 aromatic rings. The summed E-state index contributed by atoms with van der Waals surface area (Å²) in [7, 11) is 0. The van der Waals surface area contributed by atoms with E-state index in [0.29, 0.717) is 23.6 Å². The Morgan fingerprint density at radius 1 is 1.14 bits per heavy atom. The fourth-order valence-electron chi connectivity index (χ4n) is 3.43. The van der Waals surface area contributed by atoms with Crippen molar-refractivity contribution in [2.45, 2.75) is 27.2 Å². The number of nitrogens with zero attached hydrogens (tertiary/aromatic N) is 1. The third kappa shape index (κ3) is 4.56. The molecule has 2 N–H and O–H groups in total. The Bertz CT molecular complexity index is 941. The van der Waals surface area contributed by atoms with Crippen LogP contribution in [0.2, 0.25) is 0 Å². The number of hydrogen-bond acceptors (Lipinski definition) is 4. The lowest BCUT2D eigenvalue weighted by molar-refractivity contribution is -0.126. The first-order valence-corrected chi connectivity index (χ1v) is 9.60. The molecule has 7 heteroatoms. The molecule has 2 aromatic carbocycles. The first kappa shape index (κ1) is 20.4. The van der Waals surface area contributed by atoms with Crippen LogP contribution in [0.15, 0.2) is 42.5 Å². The summed E-state index contributed by atoms with van der Waals surface area (Å²) in [5, 5.41) is 0. The molecule has 1 heterocycles. The third-order valence-electron chi connectivity index (χ3n) is 4.88. The van der Waals surface area contributed by atoms with E-state index in [1.54, 1.807) is 23.1 Å². The fourth-order valence-corrected chi connectivity index (χ4v) is 3.43. The average Bonchev–Trinajstić information content (AvgIpc) is 3.08. The maximum atomic E-state index is 12.5. The highest BCUT2D eigenvalue weighted by atomic mass is 16.5. The zero-order valence-electron chi connectivity index (χ0n) is 16.8. The van der Waals surface area contributed by atoms with Crippen LogP contribution < -0.4 is 20.5 Å². The second-order valence-corrected chi connectivity index (χ2v) is 7.07. The smallest absolute Gasteiger partial charge is 0.269 e. The van der Waals surface area contributed by atoms with Crippen LogP contribution in [0, 0.1) is 19.8 Å². The van der Waals surface area contributed by atoms with E-state index in [9.17, 15) is 14.4 Å². The molecule has 152 valence electrons. The van der Waals surface area contributed by atoms with E-state index in [2.05, 4.69) is 10.9 Å². The number of nitrogens with one attached hydrogen (secondary N) is 2. The van der Waals surface area contributed by atoms with Crippen molar-refractivity contribution < 1.29 is 19.1 Å². The van der Waals surface area contributed by atoms with Crippen LogP contribution in [-0.2, 0) is 9.59 Å².